The molecule has 0 bridgehead atoms. The van der Waals surface area contributed by atoms with Crippen molar-refractivity contribution in [2.75, 3.05) is 31.1 Å². The number of para-hydroxylation sites is 1. The van der Waals surface area contributed by atoms with Crippen molar-refractivity contribution in [2.24, 2.45) is 0 Å². The molecule has 1 aliphatic rings. The van der Waals surface area contributed by atoms with Gasteiger partial charge < -0.3 is 4.90 Å². The molecule has 0 spiro atoms. The maximum absolute atomic E-state index is 11.0. The molecule has 0 saturated carbocycles. The predicted octanol–water partition coefficient (Wildman–Crippen LogP) is 0.920. The number of aryl methyl sites for hydroxylation is 1. The average Bonchev–Trinajstić information content (AvgIpc) is 2.29. The van der Waals surface area contributed by atoms with E-state index in [1.54, 1.807) is 0 Å². The van der Waals surface area contributed by atoms with Crippen LogP contribution in [0.1, 0.15) is 5.56 Å². The van der Waals surface area contributed by atoms with E-state index >= 15 is 0 Å². The van der Waals surface area contributed by atoms with E-state index in [1.807, 2.05) is 31.2 Å². The molecule has 1 fully saturated rings. The molecule has 17 heavy (non-hydrogen) atoms. The number of anilines is 1. The first kappa shape index (κ1) is 12.3. The quantitative estimate of drug-likeness (QED) is 0.799. The zero-order valence-corrected chi connectivity index (χ0v) is 10.5. The zero-order valence-electron chi connectivity index (χ0n) is 9.70. The Bertz CT molecular complexity index is 493. The predicted molar refractivity (Wildman–Crippen MR) is 66.5 cm³/mol. The minimum Gasteiger partial charge on any atom is -0.369 e. The first-order valence-corrected chi connectivity index (χ1v) is 6.91. The lowest BCUT2D eigenvalue weighted by atomic mass is 10.1. The number of hydrogen-bond donors (Lipinski definition) is 1. The van der Waals surface area contributed by atoms with Gasteiger partial charge in [-0.3, -0.25) is 4.55 Å². The van der Waals surface area contributed by atoms with E-state index in [0.29, 0.717) is 26.2 Å². The van der Waals surface area contributed by atoms with Crippen molar-refractivity contribution < 1.29 is 13.0 Å². The van der Waals surface area contributed by atoms with Crippen LogP contribution in [-0.4, -0.2) is 43.5 Å². The second-order valence-corrected chi connectivity index (χ2v) is 5.56. The summed E-state index contributed by atoms with van der Waals surface area (Å²) in [5.74, 6) is 0. The van der Waals surface area contributed by atoms with Gasteiger partial charge in [-0.2, -0.15) is 12.7 Å². The van der Waals surface area contributed by atoms with E-state index in [-0.39, 0.29) is 0 Å². The molecule has 1 aromatic rings. The molecule has 2 rings (SSSR count). The summed E-state index contributed by atoms with van der Waals surface area (Å²) in [5, 5.41) is 0. The van der Waals surface area contributed by atoms with Crippen LogP contribution in [0.2, 0.25) is 0 Å². The number of hydrogen-bond acceptors (Lipinski definition) is 3. The van der Waals surface area contributed by atoms with Crippen LogP contribution in [0.4, 0.5) is 5.69 Å². The number of piperazine rings is 1. The Kier molecular flexibility index (Phi) is 3.37. The number of nitrogens with zero attached hydrogens (tertiary/aromatic N) is 2. The summed E-state index contributed by atoms with van der Waals surface area (Å²) in [4.78, 5) is 2.14. The van der Waals surface area contributed by atoms with Crippen LogP contribution < -0.4 is 4.90 Å². The molecular formula is C11H16N2O3S. The Labute approximate surface area is 102 Å². The summed E-state index contributed by atoms with van der Waals surface area (Å²) in [6.45, 7) is 3.89. The Morgan fingerprint density at radius 2 is 1.71 bits per heavy atom. The normalized spacial score (nSPS) is 18.4. The molecule has 1 N–H and O–H groups in total. The molecular weight excluding hydrogens is 240 g/mol. The summed E-state index contributed by atoms with van der Waals surface area (Å²) >= 11 is 0. The highest BCUT2D eigenvalue weighted by molar-refractivity contribution is 7.83. The first-order valence-electron chi connectivity index (χ1n) is 5.51. The largest absolute Gasteiger partial charge is 0.369 e. The van der Waals surface area contributed by atoms with Crippen molar-refractivity contribution >= 4 is 16.0 Å². The van der Waals surface area contributed by atoms with Crippen LogP contribution in [0.15, 0.2) is 24.3 Å². The van der Waals surface area contributed by atoms with Crippen molar-refractivity contribution in [3.05, 3.63) is 29.8 Å². The van der Waals surface area contributed by atoms with Crippen LogP contribution in [0.25, 0.3) is 0 Å². The third-order valence-electron chi connectivity index (χ3n) is 3.02. The summed E-state index contributed by atoms with van der Waals surface area (Å²) in [5.41, 5.74) is 2.30. The van der Waals surface area contributed by atoms with Gasteiger partial charge >= 0.3 is 10.3 Å². The van der Waals surface area contributed by atoms with Crippen molar-refractivity contribution in [1.82, 2.24) is 4.31 Å². The molecule has 0 aromatic heterocycles. The summed E-state index contributed by atoms with van der Waals surface area (Å²) in [6, 6.07) is 8.01. The highest BCUT2D eigenvalue weighted by Gasteiger charge is 2.25. The zero-order chi connectivity index (χ0) is 12.5. The average molecular weight is 256 g/mol. The minimum absolute atomic E-state index is 0.327. The molecule has 1 aliphatic heterocycles. The molecule has 0 amide bonds. The number of benzene rings is 1. The topological polar surface area (TPSA) is 60.9 Å². The van der Waals surface area contributed by atoms with Gasteiger partial charge in [0.15, 0.2) is 0 Å². The van der Waals surface area contributed by atoms with E-state index in [9.17, 15) is 8.42 Å². The van der Waals surface area contributed by atoms with Crippen molar-refractivity contribution in [1.29, 1.82) is 0 Å². The van der Waals surface area contributed by atoms with E-state index in [4.69, 9.17) is 4.55 Å². The highest BCUT2D eigenvalue weighted by Crippen LogP contribution is 2.21. The summed E-state index contributed by atoms with van der Waals surface area (Å²) in [6.07, 6.45) is 0. The third kappa shape index (κ3) is 2.77. The Balaban J connectivity index is 2.08. The van der Waals surface area contributed by atoms with Crippen LogP contribution in [-0.2, 0) is 10.3 Å². The first-order chi connectivity index (χ1) is 7.98. The molecule has 1 heterocycles. The Hall–Kier alpha value is -1.11. The smallest absolute Gasteiger partial charge is 0.336 e. The van der Waals surface area contributed by atoms with Gasteiger partial charge in [0.25, 0.3) is 0 Å². The lowest BCUT2D eigenvalue weighted by Gasteiger charge is -2.34. The standard InChI is InChI=1S/C11H16N2O3S/c1-10-4-2-3-5-11(10)12-6-8-13(9-7-12)17(14,15)16/h2-5H,6-9H2,1H3,(H,14,15,16). The SMILES string of the molecule is Cc1ccccc1N1CCN(S(=O)(=O)O)CC1. The molecule has 0 atom stereocenters. The van der Waals surface area contributed by atoms with Gasteiger partial charge in [-0.25, -0.2) is 0 Å². The fourth-order valence-electron chi connectivity index (χ4n) is 2.08. The minimum atomic E-state index is -4.03. The fraction of sp³-hybridized carbons (Fsp3) is 0.455. The van der Waals surface area contributed by atoms with Crippen LogP contribution in [0.3, 0.4) is 0 Å². The van der Waals surface area contributed by atoms with Crippen molar-refractivity contribution in [3.8, 4) is 0 Å². The van der Waals surface area contributed by atoms with Gasteiger partial charge in [-0.1, -0.05) is 18.2 Å². The molecule has 0 radical (unpaired) electrons. The molecule has 1 saturated heterocycles. The highest BCUT2D eigenvalue weighted by atomic mass is 32.2. The van der Waals surface area contributed by atoms with Gasteiger partial charge in [0.2, 0.25) is 0 Å². The van der Waals surface area contributed by atoms with Crippen molar-refractivity contribution in [3.63, 3.8) is 0 Å². The lowest BCUT2D eigenvalue weighted by molar-refractivity contribution is 0.335. The van der Waals surface area contributed by atoms with E-state index in [0.717, 1.165) is 9.99 Å². The molecule has 5 nitrogen and oxygen atoms in total. The maximum Gasteiger partial charge on any atom is 0.336 e. The molecule has 0 aliphatic carbocycles. The second-order valence-electron chi connectivity index (χ2n) is 4.15. The Morgan fingerprint density at radius 3 is 2.24 bits per heavy atom. The van der Waals surface area contributed by atoms with Gasteiger partial charge in [-0.15, -0.1) is 0 Å². The molecule has 1 aromatic carbocycles. The lowest BCUT2D eigenvalue weighted by Crippen LogP contribution is -2.48. The third-order valence-corrected chi connectivity index (χ3v) is 4.04. The molecule has 94 valence electrons. The van der Waals surface area contributed by atoms with Crippen LogP contribution in [0.5, 0.6) is 0 Å². The maximum atomic E-state index is 11.0. The molecule has 6 heteroatoms. The number of rotatable bonds is 2. The van der Waals surface area contributed by atoms with E-state index < -0.39 is 10.3 Å². The summed E-state index contributed by atoms with van der Waals surface area (Å²) in [7, 11) is -4.03. The molecule has 0 unspecified atom stereocenters. The summed E-state index contributed by atoms with van der Waals surface area (Å²) < 4.78 is 32.0. The van der Waals surface area contributed by atoms with Crippen LogP contribution >= 0.6 is 0 Å². The van der Waals surface area contributed by atoms with Gasteiger partial charge in [0.05, 0.1) is 0 Å². The fourth-order valence-corrected chi connectivity index (χ4v) is 2.70. The monoisotopic (exact) mass is 256 g/mol. The van der Waals surface area contributed by atoms with Gasteiger partial charge in [0.1, 0.15) is 0 Å². The van der Waals surface area contributed by atoms with Crippen molar-refractivity contribution in [2.45, 2.75) is 6.92 Å². The van der Waals surface area contributed by atoms with Crippen LogP contribution in [0, 0.1) is 6.92 Å². The Morgan fingerprint density at radius 1 is 1.12 bits per heavy atom. The second kappa shape index (κ2) is 4.64. The van der Waals surface area contributed by atoms with E-state index in [2.05, 4.69) is 4.90 Å². The van der Waals surface area contributed by atoms with E-state index in [1.165, 1.54) is 5.56 Å². The van der Waals surface area contributed by atoms with Gasteiger partial charge in [-0.05, 0) is 18.6 Å². The van der Waals surface area contributed by atoms with Gasteiger partial charge in [0, 0.05) is 31.9 Å².